The lowest BCUT2D eigenvalue weighted by molar-refractivity contribution is -0.117. The topological polar surface area (TPSA) is 74.5 Å². The van der Waals surface area contributed by atoms with E-state index in [0.29, 0.717) is 11.7 Å². The van der Waals surface area contributed by atoms with Crippen molar-refractivity contribution in [3.8, 4) is 0 Å². The van der Waals surface area contributed by atoms with Crippen molar-refractivity contribution in [1.29, 1.82) is 0 Å². The van der Waals surface area contributed by atoms with E-state index in [2.05, 4.69) is 56.5 Å². The van der Waals surface area contributed by atoms with Crippen molar-refractivity contribution in [3.05, 3.63) is 76.8 Å². The Labute approximate surface area is 181 Å². The number of piperazine rings is 1. The summed E-state index contributed by atoms with van der Waals surface area (Å²) in [5.74, 6) is 0.0366. The maximum atomic E-state index is 12.4. The first-order valence-corrected chi connectivity index (χ1v) is 11.0. The van der Waals surface area contributed by atoms with Crippen LogP contribution >= 0.6 is 11.3 Å². The first kappa shape index (κ1) is 20.5. The Hall–Kier alpha value is -2.74. The number of carbonyl (C=O) groups excluding carboxylic acids is 1. The summed E-state index contributed by atoms with van der Waals surface area (Å²) in [6.45, 7) is 4.96. The van der Waals surface area contributed by atoms with E-state index in [4.69, 9.17) is 5.73 Å². The minimum Gasteiger partial charge on any atom is -0.375 e. The summed E-state index contributed by atoms with van der Waals surface area (Å²) in [6, 6.07) is 18.5. The van der Waals surface area contributed by atoms with Crippen molar-refractivity contribution in [2.24, 2.45) is 0 Å². The van der Waals surface area contributed by atoms with E-state index in [1.165, 1.54) is 16.0 Å². The summed E-state index contributed by atoms with van der Waals surface area (Å²) in [5, 5.41) is 3.64. The Balaban J connectivity index is 1.20. The van der Waals surface area contributed by atoms with Gasteiger partial charge in [-0.3, -0.25) is 14.6 Å². The minimum absolute atomic E-state index is 0.0366. The van der Waals surface area contributed by atoms with Crippen LogP contribution in [0.5, 0.6) is 0 Å². The van der Waals surface area contributed by atoms with Gasteiger partial charge in [0.1, 0.15) is 0 Å². The summed E-state index contributed by atoms with van der Waals surface area (Å²) < 4.78 is 0. The van der Waals surface area contributed by atoms with E-state index in [9.17, 15) is 4.79 Å². The molecule has 4 rings (SSSR count). The molecule has 0 aliphatic carbocycles. The Kier molecular flexibility index (Phi) is 6.74. The van der Waals surface area contributed by atoms with Gasteiger partial charge in [-0.1, -0.05) is 42.5 Å². The average molecular weight is 422 g/mol. The molecule has 1 saturated heterocycles. The normalized spacial score (nSPS) is 15.2. The molecule has 30 heavy (non-hydrogen) atoms. The van der Waals surface area contributed by atoms with Crippen molar-refractivity contribution in [1.82, 2.24) is 14.8 Å². The van der Waals surface area contributed by atoms with Crippen molar-refractivity contribution < 1.29 is 4.79 Å². The zero-order valence-corrected chi connectivity index (χ0v) is 17.8. The third-order valence-electron chi connectivity index (χ3n) is 5.27. The third kappa shape index (κ3) is 5.89. The molecule has 2 heterocycles. The molecular weight excluding hydrogens is 394 g/mol. The number of hydrogen-bond acceptors (Lipinski definition) is 6. The number of nitrogen functional groups attached to an aromatic ring is 1. The second-order valence-corrected chi connectivity index (χ2v) is 8.77. The lowest BCUT2D eigenvalue weighted by Gasteiger charge is -2.33. The molecule has 3 aromatic rings. The predicted molar refractivity (Wildman–Crippen MR) is 123 cm³/mol. The number of nitrogens with zero attached hydrogens (tertiary/aromatic N) is 3. The number of carbonyl (C=O) groups is 1. The van der Waals surface area contributed by atoms with Gasteiger partial charge >= 0.3 is 0 Å². The molecule has 1 aliphatic rings. The van der Waals surface area contributed by atoms with Crippen LogP contribution in [0.1, 0.15) is 16.0 Å². The molecule has 0 atom stereocenters. The van der Waals surface area contributed by atoms with E-state index in [-0.39, 0.29) is 5.91 Å². The van der Waals surface area contributed by atoms with E-state index in [1.807, 2.05) is 24.4 Å². The highest BCUT2D eigenvalue weighted by atomic mass is 32.1. The molecule has 0 unspecified atom stereocenters. The number of benzene rings is 2. The van der Waals surface area contributed by atoms with Gasteiger partial charge in [-0.2, -0.15) is 0 Å². The summed E-state index contributed by atoms with van der Waals surface area (Å²) in [7, 11) is 0. The summed E-state index contributed by atoms with van der Waals surface area (Å²) in [5.41, 5.74) is 9.07. The van der Waals surface area contributed by atoms with Crippen molar-refractivity contribution in [2.75, 3.05) is 43.8 Å². The van der Waals surface area contributed by atoms with Gasteiger partial charge in [0.25, 0.3) is 0 Å². The molecule has 0 spiro atoms. The SMILES string of the molecule is Nc1ncc(CN2CCN(CC(=O)Nc3ccc(Cc4ccccc4)cc3)CC2)s1. The highest BCUT2D eigenvalue weighted by Crippen LogP contribution is 2.18. The molecule has 1 aliphatic heterocycles. The molecule has 1 aromatic heterocycles. The first-order chi connectivity index (χ1) is 14.6. The molecule has 0 saturated carbocycles. The van der Waals surface area contributed by atoms with Crippen LogP contribution in [0.15, 0.2) is 60.8 Å². The van der Waals surface area contributed by atoms with Gasteiger partial charge in [0.05, 0.1) is 6.54 Å². The number of nitrogens with one attached hydrogen (secondary N) is 1. The standard InChI is InChI=1S/C23H27N5OS/c24-23-25-15-21(30-23)16-27-10-12-28(13-11-27)17-22(29)26-20-8-6-19(7-9-20)14-18-4-2-1-3-5-18/h1-9,15H,10-14,16-17H2,(H2,24,25)(H,26,29). The quantitative estimate of drug-likeness (QED) is 0.613. The molecule has 6 nitrogen and oxygen atoms in total. The Morgan fingerprint density at radius 2 is 1.63 bits per heavy atom. The molecule has 1 fully saturated rings. The molecule has 3 N–H and O–H groups in total. The van der Waals surface area contributed by atoms with Crippen molar-refractivity contribution in [2.45, 2.75) is 13.0 Å². The summed E-state index contributed by atoms with van der Waals surface area (Å²) >= 11 is 1.54. The van der Waals surface area contributed by atoms with Crippen molar-refractivity contribution >= 4 is 28.1 Å². The number of amides is 1. The van der Waals surface area contributed by atoms with Gasteiger partial charge in [-0.25, -0.2) is 4.98 Å². The molecular formula is C23H27N5OS. The number of thiazole rings is 1. The van der Waals surface area contributed by atoms with E-state index in [0.717, 1.165) is 44.8 Å². The lowest BCUT2D eigenvalue weighted by atomic mass is 10.0. The largest absolute Gasteiger partial charge is 0.375 e. The van der Waals surface area contributed by atoms with Gasteiger partial charge in [0.15, 0.2) is 5.13 Å². The minimum atomic E-state index is 0.0366. The predicted octanol–water partition coefficient (Wildman–Crippen LogP) is 3.07. The van der Waals surface area contributed by atoms with Gasteiger partial charge in [0.2, 0.25) is 5.91 Å². The number of anilines is 2. The van der Waals surface area contributed by atoms with Crippen LogP contribution in [0, 0.1) is 0 Å². The first-order valence-electron chi connectivity index (χ1n) is 10.2. The lowest BCUT2D eigenvalue weighted by Crippen LogP contribution is -2.48. The van der Waals surface area contributed by atoms with E-state index < -0.39 is 0 Å². The summed E-state index contributed by atoms with van der Waals surface area (Å²) in [4.78, 5) is 22.3. The van der Waals surface area contributed by atoms with Crippen LogP contribution in [-0.2, 0) is 17.8 Å². The second kappa shape index (κ2) is 9.84. The maximum Gasteiger partial charge on any atom is 0.238 e. The van der Waals surface area contributed by atoms with Gasteiger partial charge in [-0.05, 0) is 29.7 Å². The fourth-order valence-corrected chi connectivity index (χ4v) is 4.39. The van der Waals surface area contributed by atoms with Crippen LogP contribution in [0.3, 0.4) is 0 Å². The molecule has 0 radical (unpaired) electrons. The number of nitrogens with two attached hydrogens (primary N) is 1. The summed E-state index contributed by atoms with van der Waals surface area (Å²) in [6.07, 6.45) is 2.75. The second-order valence-electron chi connectivity index (χ2n) is 7.62. The molecule has 156 valence electrons. The number of rotatable bonds is 7. The Bertz CT molecular complexity index is 949. The molecule has 0 bridgehead atoms. The van der Waals surface area contributed by atoms with Gasteiger partial charge < -0.3 is 11.1 Å². The van der Waals surface area contributed by atoms with Crippen LogP contribution in [0.4, 0.5) is 10.8 Å². The van der Waals surface area contributed by atoms with Crippen LogP contribution in [-0.4, -0.2) is 53.4 Å². The zero-order chi connectivity index (χ0) is 20.8. The van der Waals surface area contributed by atoms with Crippen molar-refractivity contribution in [3.63, 3.8) is 0 Å². The maximum absolute atomic E-state index is 12.4. The highest BCUT2D eigenvalue weighted by molar-refractivity contribution is 7.15. The number of hydrogen-bond donors (Lipinski definition) is 2. The highest BCUT2D eigenvalue weighted by Gasteiger charge is 2.19. The van der Waals surface area contributed by atoms with E-state index >= 15 is 0 Å². The zero-order valence-electron chi connectivity index (χ0n) is 17.0. The smallest absolute Gasteiger partial charge is 0.238 e. The fourth-order valence-electron chi connectivity index (χ4n) is 3.66. The fraction of sp³-hybridized carbons (Fsp3) is 0.304. The molecule has 7 heteroatoms. The van der Waals surface area contributed by atoms with Gasteiger partial charge in [-0.15, -0.1) is 11.3 Å². The monoisotopic (exact) mass is 421 g/mol. The number of aromatic nitrogens is 1. The average Bonchev–Trinajstić information content (AvgIpc) is 3.16. The van der Waals surface area contributed by atoms with E-state index in [1.54, 1.807) is 11.3 Å². The molecule has 1 amide bonds. The molecule has 2 aromatic carbocycles. The Morgan fingerprint density at radius 1 is 0.967 bits per heavy atom. The van der Waals surface area contributed by atoms with Gasteiger partial charge in [0, 0.05) is 49.5 Å². The third-order valence-corrected chi connectivity index (χ3v) is 6.08. The Morgan fingerprint density at radius 3 is 2.30 bits per heavy atom. The van der Waals surface area contributed by atoms with Crippen LogP contribution < -0.4 is 11.1 Å². The van der Waals surface area contributed by atoms with Crippen LogP contribution in [0.2, 0.25) is 0 Å². The van der Waals surface area contributed by atoms with Crippen LogP contribution in [0.25, 0.3) is 0 Å².